The van der Waals surface area contributed by atoms with Gasteiger partial charge in [0.25, 0.3) is 0 Å². The minimum atomic E-state index is -0.273. The van der Waals surface area contributed by atoms with Crippen LogP contribution in [0.2, 0.25) is 0 Å². The highest BCUT2D eigenvalue weighted by Crippen LogP contribution is 2.27. The van der Waals surface area contributed by atoms with Crippen LogP contribution in [0.3, 0.4) is 0 Å². The van der Waals surface area contributed by atoms with Gasteiger partial charge in [-0.15, -0.1) is 11.3 Å². The number of rotatable bonds is 4. The van der Waals surface area contributed by atoms with E-state index in [1.54, 1.807) is 11.3 Å². The zero-order valence-corrected chi connectivity index (χ0v) is 14.5. The van der Waals surface area contributed by atoms with Crippen molar-refractivity contribution in [2.45, 2.75) is 26.0 Å². The van der Waals surface area contributed by atoms with E-state index in [0.717, 1.165) is 37.3 Å². The summed E-state index contributed by atoms with van der Waals surface area (Å²) in [4.78, 5) is 12.4. The molecule has 24 heavy (non-hydrogen) atoms. The monoisotopic (exact) mass is 339 g/mol. The summed E-state index contributed by atoms with van der Waals surface area (Å²) in [7, 11) is 0. The predicted octanol–water partition coefficient (Wildman–Crippen LogP) is 3.04. The van der Waals surface area contributed by atoms with Gasteiger partial charge in [-0.3, -0.25) is 9.88 Å². The van der Waals surface area contributed by atoms with Gasteiger partial charge in [-0.2, -0.15) is 0 Å². The first-order valence-electron chi connectivity index (χ1n) is 8.32. The summed E-state index contributed by atoms with van der Waals surface area (Å²) in [6.45, 7) is 4.61. The van der Waals surface area contributed by atoms with Crippen LogP contribution in [0.1, 0.15) is 16.1 Å². The molecule has 1 aliphatic rings. The lowest BCUT2D eigenvalue weighted by atomic mass is 9.94. The molecular weight excluding hydrogens is 318 g/mol. The van der Waals surface area contributed by atoms with Gasteiger partial charge >= 0.3 is 0 Å². The van der Waals surface area contributed by atoms with Crippen molar-refractivity contribution in [3.05, 3.63) is 58.2 Å². The van der Waals surface area contributed by atoms with Crippen molar-refractivity contribution in [1.29, 1.82) is 0 Å². The molecule has 0 unspecified atom stereocenters. The second-order valence-corrected chi connectivity index (χ2v) is 7.51. The number of hydrogen-bond donors (Lipinski definition) is 1. The second-order valence-electron chi connectivity index (χ2n) is 6.57. The van der Waals surface area contributed by atoms with Crippen molar-refractivity contribution in [1.82, 2.24) is 14.9 Å². The maximum atomic E-state index is 10.5. The van der Waals surface area contributed by atoms with Crippen LogP contribution in [0, 0.1) is 12.8 Å². The number of β-amino-alcohol motifs (C(OH)–C–C–N with tert-alkyl or cyclic N) is 1. The quantitative estimate of drug-likeness (QED) is 0.794. The summed E-state index contributed by atoms with van der Waals surface area (Å²) in [5.41, 5.74) is 5.32. The molecule has 0 radical (unpaired) electrons. The van der Waals surface area contributed by atoms with Crippen LogP contribution in [-0.2, 0) is 13.0 Å². The smallest absolute Gasteiger partial charge is 0.0798 e. The van der Waals surface area contributed by atoms with Crippen molar-refractivity contribution in [2.75, 3.05) is 13.1 Å². The number of aryl methyl sites for hydroxylation is 1. The standard InChI is InChI=1S/C19H21N3OS/c1-13-19(24-12-21-13)11-22-9-15(18(23)10-22)8-14-6-7-20-17-5-3-2-4-16(14)17/h2-7,12,15,18,23H,8-11H2,1H3/t15-,18+/m1/s1. The zero-order valence-electron chi connectivity index (χ0n) is 13.7. The average Bonchev–Trinajstić information content (AvgIpc) is 3.14. The lowest BCUT2D eigenvalue weighted by molar-refractivity contribution is 0.141. The molecule has 1 saturated heterocycles. The molecule has 1 N–H and O–H groups in total. The van der Waals surface area contributed by atoms with Crippen LogP contribution in [0.4, 0.5) is 0 Å². The highest BCUT2D eigenvalue weighted by molar-refractivity contribution is 7.09. The second kappa shape index (κ2) is 6.59. The van der Waals surface area contributed by atoms with Gasteiger partial charge in [0, 0.05) is 42.0 Å². The summed E-state index contributed by atoms with van der Waals surface area (Å²) >= 11 is 1.70. The van der Waals surface area contributed by atoms with Gasteiger partial charge in [0.15, 0.2) is 0 Å². The Labute approximate surface area is 145 Å². The van der Waals surface area contributed by atoms with E-state index in [1.165, 1.54) is 15.8 Å². The van der Waals surface area contributed by atoms with Gasteiger partial charge in [0.05, 0.1) is 22.8 Å². The van der Waals surface area contributed by atoms with Crippen LogP contribution >= 0.6 is 11.3 Å². The van der Waals surface area contributed by atoms with Crippen molar-refractivity contribution in [3.63, 3.8) is 0 Å². The van der Waals surface area contributed by atoms with E-state index >= 15 is 0 Å². The Kier molecular flexibility index (Phi) is 4.31. The minimum Gasteiger partial charge on any atom is -0.391 e. The van der Waals surface area contributed by atoms with E-state index < -0.39 is 0 Å². The third kappa shape index (κ3) is 3.07. The highest BCUT2D eigenvalue weighted by Gasteiger charge is 2.32. The lowest BCUT2D eigenvalue weighted by Gasteiger charge is -2.16. The maximum absolute atomic E-state index is 10.5. The summed E-state index contributed by atoms with van der Waals surface area (Å²) in [5, 5.41) is 11.7. The Hall–Kier alpha value is -1.82. The number of aromatic nitrogens is 2. The molecule has 0 spiro atoms. The van der Waals surface area contributed by atoms with Gasteiger partial charge in [-0.25, -0.2) is 4.98 Å². The number of aliphatic hydroxyl groups excluding tert-OH is 1. The van der Waals surface area contributed by atoms with Crippen LogP contribution < -0.4 is 0 Å². The van der Waals surface area contributed by atoms with Crippen molar-refractivity contribution in [2.24, 2.45) is 5.92 Å². The lowest BCUT2D eigenvalue weighted by Crippen LogP contribution is -2.21. The number of hydrogen-bond acceptors (Lipinski definition) is 5. The Bertz CT molecular complexity index is 842. The third-order valence-electron chi connectivity index (χ3n) is 4.92. The van der Waals surface area contributed by atoms with Crippen LogP contribution in [0.15, 0.2) is 42.0 Å². The molecule has 4 rings (SSSR count). The molecule has 1 aromatic carbocycles. The van der Waals surface area contributed by atoms with E-state index in [4.69, 9.17) is 0 Å². The van der Waals surface area contributed by atoms with Gasteiger partial charge in [0.1, 0.15) is 0 Å². The van der Waals surface area contributed by atoms with Crippen LogP contribution in [0.25, 0.3) is 10.9 Å². The van der Waals surface area contributed by atoms with Crippen molar-refractivity contribution < 1.29 is 5.11 Å². The topological polar surface area (TPSA) is 49.2 Å². The predicted molar refractivity (Wildman–Crippen MR) is 97.1 cm³/mol. The maximum Gasteiger partial charge on any atom is 0.0798 e. The molecule has 124 valence electrons. The molecule has 1 fully saturated rings. The van der Waals surface area contributed by atoms with E-state index in [0.29, 0.717) is 0 Å². The Balaban J connectivity index is 1.49. The van der Waals surface area contributed by atoms with E-state index in [-0.39, 0.29) is 12.0 Å². The first-order chi connectivity index (χ1) is 11.7. The number of fused-ring (bicyclic) bond motifs is 1. The van der Waals surface area contributed by atoms with Gasteiger partial charge in [0.2, 0.25) is 0 Å². The normalized spacial score (nSPS) is 21.6. The molecule has 2 atom stereocenters. The number of benzene rings is 1. The molecule has 5 heteroatoms. The van der Waals surface area contributed by atoms with Gasteiger partial charge in [-0.1, -0.05) is 18.2 Å². The molecule has 2 aromatic heterocycles. The summed E-state index contributed by atoms with van der Waals surface area (Å²) < 4.78 is 0. The molecule has 3 aromatic rings. The summed E-state index contributed by atoms with van der Waals surface area (Å²) in [6, 6.07) is 10.3. The van der Waals surface area contributed by atoms with Crippen LogP contribution in [-0.4, -0.2) is 39.2 Å². The highest BCUT2D eigenvalue weighted by atomic mass is 32.1. The molecule has 1 aliphatic heterocycles. The number of likely N-dealkylation sites (tertiary alicyclic amines) is 1. The Morgan fingerprint density at radius 2 is 2.08 bits per heavy atom. The molecule has 0 saturated carbocycles. The molecule has 0 aliphatic carbocycles. The van der Waals surface area contributed by atoms with Gasteiger partial charge < -0.3 is 5.11 Å². The van der Waals surface area contributed by atoms with E-state index in [1.807, 2.05) is 23.8 Å². The first-order valence-corrected chi connectivity index (χ1v) is 9.20. The average molecular weight is 339 g/mol. The molecule has 3 heterocycles. The fourth-order valence-corrected chi connectivity index (χ4v) is 4.39. The fraction of sp³-hybridized carbons (Fsp3) is 0.368. The molecular formula is C19H21N3OS. The number of para-hydroxylation sites is 1. The Morgan fingerprint density at radius 3 is 2.92 bits per heavy atom. The van der Waals surface area contributed by atoms with E-state index in [9.17, 15) is 5.11 Å². The number of thiazole rings is 1. The molecule has 0 amide bonds. The number of nitrogens with zero attached hydrogens (tertiary/aromatic N) is 3. The minimum absolute atomic E-state index is 0.268. The Morgan fingerprint density at radius 1 is 1.21 bits per heavy atom. The largest absolute Gasteiger partial charge is 0.391 e. The SMILES string of the molecule is Cc1ncsc1CN1C[C@@H](Cc2ccnc3ccccc23)[C@@H](O)C1. The van der Waals surface area contributed by atoms with Crippen molar-refractivity contribution >= 4 is 22.2 Å². The van der Waals surface area contributed by atoms with Crippen LogP contribution in [0.5, 0.6) is 0 Å². The molecule has 4 nitrogen and oxygen atoms in total. The first kappa shape index (κ1) is 15.7. The molecule has 0 bridgehead atoms. The van der Waals surface area contributed by atoms with E-state index in [2.05, 4.69) is 40.0 Å². The van der Waals surface area contributed by atoms with Crippen molar-refractivity contribution in [3.8, 4) is 0 Å². The fourth-order valence-electron chi connectivity index (χ4n) is 3.57. The summed E-state index contributed by atoms with van der Waals surface area (Å²) in [5.74, 6) is 0.268. The number of aliphatic hydroxyl groups is 1. The van der Waals surface area contributed by atoms with Gasteiger partial charge in [-0.05, 0) is 31.0 Å². The number of pyridine rings is 1. The summed E-state index contributed by atoms with van der Waals surface area (Å²) in [6.07, 6.45) is 2.49. The third-order valence-corrected chi connectivity index (χ3v) is 5.84. The zero-order chi connectivity index (χ0) is 16.5.